The fourth-order valence-electron chi connectivity index (χ4n) is 3.91. The number of guanidine groups is 1. The number of rotatable bonds is 8. The van der Waals surface area contributed by atoms with Gasteiger partial charge in [-0.05, 0) is 39.2 Å². The molecule has 0 aromatic carbocycles. The fourth-order valence-corrected chi connectivity index (χ4v) is 3.91. The summed E-state index contributed by atoms with van der Waals surface area (Å²) >= 11 is 0. The van der Waals surface area contributed by atoms with E-state index in [0.717, 1.165) is 31.5 Å². The molecule has 1 aliphatic carbocycles. The molecular weight excluding hydrogens is 457 g/mol. The van der Waals surface area contributed by atoms with E-state index in [2.05, 4.69) is 25.8 Å². The molecular formula is C19H38IN5O2. The van der Waals surface area contributed by atoms with Crippen LogP contribution in [0.25, 0.3) is 0 Å². The molecule has 1 atom stereocenters. The summed E-state index contributed by atoms with van der Waals surface area (Å²) in [6.07, 6.45) is 9.24. The molecule has 27 heavy (non-hydrogen) atoms. The number of nitrogens with one attached hydrogen (secondary N) is 3. The Morgan fingerprint density at radius 2 is 1.93 bits per heavy atom. The summed E-state index contributed by atoms with van der Waals surface area (Å²) < 4.78 is 4.94. The van der Waals surface area contributed by atoms with E-state index >= 15 is 0 Å². The van der Waals surface area contributed by atoms with Crippen LogP contribution in [0.2, 0.25) is 0 Å². The lowest BCUT2D eigenvalue weighted by Gasteiger charge is -2.40. The topological polar surface area (TPSA) is 78.0 Å². The predicted octanol–water partition coefficient (Wildman–Crippen LogP) is 1.72. The van der Waals surface area contributed by atoms with Gasteiger partial charge in [0.15, 0.2) is 5.96 Å². The smallest absolute Gasteiger partial charge is 0.241 e. The van der Waals surface area contributed by atoms with Gasteiger partial charge >= 0.3 is 0 Å². The van der Waals surface area contributed by atoms with E-state index in [4.69, 9.17) is 4.74 Å². The molecule has 7 nitrogen and oxygen atoms in total. The van der Waals surface area contributed by atoms with Crippen molar-refractivity contribution in [1.29, 1.82) is 0 Å². The van der Waals surface area contributed by atoms with E-state index in [9.17, 15) is 4.79 Å². The number of aliphatic imine (C=N–C) groups is 1. The van der Waals surface area contributed by atoms with Crippen molar-refractivity contribution < 1.29 is 9.53 Å². The number of piperidine rings is 1. The lowest BCUT2D eigenvalue weighted by atomic mass is 9.92. The van der Waals surface area contributed by atoms with E-state index < -0.39 is 0 Å². The monoisotopic (exact) mass is 495 g/mol. The Morgan fingerprint density at radius 1 is 1.15 bits per heavy atom. The predicted molar refractivity (Wildman–Crippen MR) is 121 cm³/mol. The number of nitrogens with zero attached hydrogens (tertiary/aromatic N) is 2. The second-order valence-corrected chi connectivity index (χ2v) is 7.31. The van der Waals surface area contributed by atoms with Crippen molar-refractivity contribution in [2.75, 3.05) is 46.4 Å². The Balaban J connectivity index is 0.00000364. The molecule has 0 aromatic rings. The molecule has 2 rings (SSSR count). The van der Waals surface area contributed by atoms with Gasteiger partial charge < -0.3 is 20.7 Å². The van der Waals surface area contributed by atoms with Gasteiger partial charge in [0.2, 0.25) is 5.91 Å². The first-order valence-corrected chi connectivity index (χ1v) is 10.3. The fraction of sp³-hybridized carbons (Fsp3) is 0.895. The first kappa shape index (κ1) is 24.4. The summed E-state index contributed by atoms with van der Waals surface area (Å²) in [6, 6.07) is 1.17. The number of hydrogen-bond donors (Lipinski definition) is 3. The van der Waals surface area contributed by atoms with Crippen molar-refractivity contribution in [3.05, 3.63) is 0 Å². The quantitative estimate of drug-likeness (QED) is 0.207. The molecule has 0 aromatic heterocycles. The molecule has 1 saturated carbocycles. The highest BCUT2D eigenvalue weighted by molar-refractivity contribution is 14.0. The summed E-state index contributed by atoms with van der Waals surface area (Å²) in [5, 5.41) is 9.60. The first-order chi connectivity index (χ1) is 12.7. The maximum absolute atomic E-state index is 11.8. The zero-order chi connectivity index (χ0) is 18.6. The van der Waals surface area contributed by atoms with Crippen LogP contribution in [-0.2, 0) is 9.53 Å². The van der Waals surface area contributed by atoms with Crippen LogP contribution in [0.4, 0.5) is 0 Å². The molecule has 2 fully saturated rings. The van der Waals surface area contributed by atoms with E-state index in [1.807, 2.05) is 6.92 Å². The standard InChI is InChI=1S/C19H37N5O2.HI/c1-3-20-19(22-14-18(25)21-11-13-26-2)23-16-8-7-12-24(15-16)17-9-5-4-6-10-17;/h16-17H,3-15H2,1-2H3,(H,21,25)(H2,20,22,23);1H. The minimum Gasteiger partial charge on any atom is -0.383 e. The van der Waals surface area contributed by atoms with Gasteiger partial charge in [0.05, 0.1) is 6.61 Å². The second kappa shape index (κ2) is 14.4. The third kappa shape index (κ3) is 9.43. The maximum Gasteiger partial charge on any atom is 0.241 e. The zero-order valence-electron chi connectivity index (χ0n) is 17.0. The number of hydrogen-bond acceptors (Lipinski definition) is 4. The highest BCUT2D eigenvalue weighted by Gasteiger charge is 2.27. The Morgan fingerprint density at radius 3 is 2.63 bits per heavy atom. The molecule has 3 N–H and O–H groups in total. The molecule has 0 bridgehead atoms. The van der Waals surface area contributed by atoms with Crippen LogP contribution in [0.15, 0.2) is 4.99 Å². The third-order valence-corrected chi connectivity index (χ3v) is 5.24. The van der Waals surface area contributed by atoms with E-state index in [-0.39, 0.29) is 36.4 Å². The number of carbonyl (C=O) groups is 1. The van der Waals surface area contributed by atoms with Gasteiger partial charge in [-0.3, -0.25) is 9.69 Å². The SMILES string of the molecule is CCNC(=NCC(=O)NCCOC)NC1CCCN(C2CCCCC2)C1.I. The van der Waals surface area contributed by atoms with Crippen molar-refractivity contribution in [2.45, 2.75) is 64.0 Å². The zero-order valence-corrected chi connectivity index (χ0v) is 19.3. The normalized spacial score (nSPS) is 22.0. The Bertz CT molecular complexity index is 444. The van der Waals surface area contributed by atoms with Gasteiger partial charge in [-0.2, -0.15) is 0 Å². The average molecular weight is 495 g/mol. The minimum atomic E-state index is -0.0771. The van der Waals surface area contributed by atoms with Gasteiger partial charge in [0.1, 0.15) is 6.54 Å². The van der Waals surface area contributed by atoms with Gasteiger partial charge in [-0.25, -0.2) is 4.99 Å². The summed E-state index contributed by atoms with van der Waals surface area (Å²) in [5.74, 6) is 0.664. The second-order valence-electron chi connectivity index (χ2n) is 7.31. The Kier molecular flexibility index (Phi) is 13.0. The van der Waals surface area contributed by atoms with Crippen molar-refractivity contribution in [2.24, 2.45) is 4.99 Å². The molecule has 1 unspecified atom stereocenters. The van der Waals surface area contributed by atoms with Crippen LogP contribution < -0.4 is 16.0 Å². The molecule has 2 aliphatic rings. The molecule has 1 heterocycles. The maximum atomic E-state index is 11.8. The van der Waals surface area contributed by atoms with Crippen molar-refractivity contribution >= 4 is 35.8 Å². The van der Waals surface area contributed by atoms with Crippen LogP contribution >= 0.6 is 24.0 Å². The largest absolute Gasteiger partial charge is 0.383 e. The van der Waals surface area contributed by atoms with Crippen molar-refractivity contribution in [3.8, 4) is 0 Å². The number of amides is 1. The van der Waals surface area contributed by atoms with Crippen molar-refractivity contribution in [1.82, 2.24) is 20.9 Å². The van der Waals surface area contributed by atoms with E-state index in [1.54, 1.807) is 7.11 Å². The van der Waals surface area contributed by atoms with E-state index in [0.29, 0.717) is 19.2 Å². The van der Waals surface area contributed by atoms with Crippen LogP contribution in [0, 0.1) is 0 Å². The Hall–Kier alpha value is -0.610. The van der Waals surface area contributed by atoms with Gasteiger partial charge in [0.25, 0.3) is 0 Å². The van der Waals surface area contributed by atoms with Crippen LogP contribution in [0.5, 0.6) is 0 Å². The lowest BCUT2D eigenvalue weighted by Crippen LogP contribution is -2.53. The number of methoxy groups -OCH3 is 1. The number of halogens is 1. The van der Waals surface area contributed by atoms with Crippen LogP contribution in [0.3, 0.4) is 0 Å². The first-order valence-electron chi connectivity index (χ1n) is 10.3. The molecule has 1 saturated heterocycles. The molecule has 0 spiro atoms. The summed E-state index contributed by atoms with van der Waals surface area (Å²) in [6.45, 7) is 6.31. The summed E-state index contributed by atoms with van der Waals surface area (Å²) in [7, 11) is 1.62. The van der Waals surface area contributed by atoms with Crippen LogP contribution in [0.1, 0.15) is 51.9 Å². The number of likely N-dealkylation sites (tertiary alicyclic amines) is 1. The highest BCUT2D eigenvalue weighted by atomic mass is 127. The average Bonchev–Trinajstić information content (AvgIpc) is 2.67. The van der Waals surface area contributed by atoms with E-state index in [1.165, 1.54) is 45.1 Å². The summed E-state index contributed by atoms with van der Waals surface area (Å²) in [4.78, 5) is 19.0. The third-order valence-electron chi connectivity index (χ3n) is 5.24. The van der Waals surface area contributed by atoms with Gasteiger partial charge in [0, 0.05) is 38.8 Å². The molecule has 0 radical (unpaired) electrons. The van der Waals surface area contributed by atoms with Crippen molar-refractivity contribution in [3.63, 3.8) is 0 Å². The highest BCUT2D eigenvalue weighted by Crippen LogP contribution is 2.25. The molecule has 1 aliphatic heterocycles. The summed E-state index contributed by atoms with van der Waals surface area (Å²) in [5.41, 5.74) is 0. The molecule has 158 valence electrons. The van der Waals surface area contributed by atoms with Crippen LogP contribution in [-0.4, -0.2) is 75.3 Å². The minimum absolute atomic E-state index is 0. The molecule has 8 heteroatoms. The molecule has 1 amide bonds. The number of carbonyl (C=O) groups excluding carboxylic acids is 1. The van der Waals surface area contributed by atoms with Gasteiger partial charge in [-0.1, -0.05) is 19.3 Å². The lowest BCUT2D eigenvalue weighted by molar-refractivity contribution is -0.119. The Labute approximate surface area is 181 Å². The van der Waals surface area contributed by atoms with Gasteiger partial charge in [-0.15, -0.1) is 24.0 Å². The number of ether oxygens (including phenoxy) is 1.